The highest BCUT2D eigenvalue weighted by atomic mass is 32.2. The Labute approximate surface area is 131 Å². The van der Waals surface area contributed by atoms with Crippen molar-refractivity contribution in [2.75, 3.05) is 38.2 Å². The summed E-state index contributed by atoms with van der Waals surface area (Å²) in [5, 5.41) is 0. The number of piperidine rings is 1. The van der Waals surface area contributed by atoms with Crippen molar-refractivity contribution in [2.24, 2.45) is 5.41 Å². The summed E-state index contributed by atoms with van der Waals surface area (Å²) in [5.41, 5.74) is -0.0723. The fraction of sp³-hybridized carbons (Fsp3) is 0.857. The third-order valence-electron chi connectivity index (χ3n) is 4.06. The first-order chi connectivity index (χ1) is 10.1. The van der Waals surface area contributed by atoms with Crippen molar-refractivity contribution in [3.63, 3.8) is 0 Å². The van der Waals surface area contributed by atoms with Gasteiger partial charge in [-0.25, -0.2) is 13.2 Å². The van der Waals surface area contributed by atoms with Gasteiger partial charge < -0.3 is 14.5 Å². The smallest absolute Gasteiger partial charge is 0.410 e. The van der Waals surface area contributed by atoms with Gasteiger partial charge in [0.25, 0.3) is 0 Å². The first-order valence-corrected chi connectivity index (χ1v) is 9.52. The Morgan fingerprint density at radius 2 is 1.91 bits per heavy atom. The van der Waals surface area contributed by atoms with Gasteiger partial charge in [-0.2, -0.15) is 0 Å². The molecule has 2 aliphatic rings. The molecule has 0 radical (unpaired) electrons. The average molecular weight is 332 g/mol. The highest BCUT2D eigenvalue weighted by Gasteiger charge is 2.38. The molecule has 0 atom stereocenters. The molecular weight excluding hydrogens is 308 g/mol. The lowest BCUT2D eigenvalue weighted by molar-refractivity contribution is -0.130. The van der Waals surface area contributed by atoms with Gasteiger partial charge in [0.15, 0.2) is 9.84 Å². The van der Waals surface area contributed by atoms with Crippen LogP contribution in [0.4, 0.5) is 4.79 Å². The monoisotopic (exact) mass is 332 g/mol. The number of hydrogen-bond donors (Lipinski definition) is 0. The minimum Gasteiger partial charge on any atom is -0.449 e. The Bertz CT molecular complexity index is 550. The van der Waals surface area contributed by atoms with E-state index in [4.69, 9.17) is 4.74 Å². The van der Waals surface area contributed by atoms with Crippen LogP contribution in [0.2, 0.25) is 0 Å². The fourth-order valence-electron chi connectivity index (χ4n) is 2.93. The Morgan fingerprint density at radius 3 is 2.45 bits per heavy atom. The zero-order chi connectivity index (χ0) is 16.5. The average Bonchev–Trinajstić information content (AvgIpc) is 2.40. The van der Waals surface area contributed by atoms with E-state index in [1.165, 1.54) is 0 Å². The van der Waals surface area contributed by atoms with Crippen molar-refractivity contribution in [3.8, 4) is 0 Å². The summed E-state index contributed by atoms with van der Waals surface area (Å²) in [6.07, 6.45) is 2.07. The highest BCUT2D eigenvalue weighted by molar-refractivity contribution is 7.91. The summed E-state index contributed by atoms with van der Waals surface area (Å²) in [7, 11) is -3.31. The van der Waals surface area contributed by atoms with Crippen LogP contribution in [0.3, 0.4) is 0 Å². The second kappa shape index (κ2) is 6.06. The molecule has 0 bridgehead atoms. The molecular formula is C14H24N2O5S. The minimum absolute atomic E-state index is 0.0503. The Morgan fingerprint density at radius 1 is 1.32 bits per heavy atom. The molecule has 0 aromatic carbocycles. The molecule has 2 amide bonds. The molecule has 2 rings (SSSR count). The van der Waals surface area contributed by atoms with E-state index < -0.39 is 15.6 Å². The molecule has 0 N–H and O–H groups in total. The molecule has 126 valence electrons. The van der Waals surface area contributed by atoms with Crippen molar-refractivity contribution in [1.82, 2.24) is 9.80 Å². The number of hydrogen-bond acceptors (Lipinski definition) is 5. The van der Waals surface area contributed by atoms with E-state index in [-0.39, 0.29) is 23.5 Å². The molecule has 0 aromatic heterocycles. The van der Waals surface area contributed by atoms with Gasteiger partial charge in [-0.3, -0.25) is 4.79 Å². The molecule has 8 heteroatoms. The maximum Gasteiger partial charge on any atom is 0.410 e. The van der Waals surface area contributed by atoms with Gasteiger partial charge in [-0.15, -0.1) is 0 Å². The second-order valence-corrected chi connectivity index (χ2v) is 9.17. The van der Waals surface area contributed by atoms with Crippen LogP contribution in [0.5, 0.6) is 0 Å². The standard InChI is InChI=1S/C14H24N2O5S/c1-14(2)9-16(13(18)21-10-14)11-4-6-15(7-5-11)12(17)8-22(3,19)20/h11H,4-10H2,1-3H3. The van der Waals surface area contributed by atoms with Crippen LogP contribution in [0.15, 0.2) is 0 Å². The Balaban J connectivity index is 1.91. The van der Waals surface area contributed by atoms with E-state index in [1.807, 2.05) is 0 Å². The van der Waals surface area contributed by atoms with E-state index in [1.54, 1.807) is 9.80 Å². The number of amides is 2. The van der Waals surface area contributed by atoms with Crippen molar-refractivity contribution >= 4 is 21.8 Å². The number of carbonyl (C=O) groups is 2. The summed E-state index contributed by atoms with van der Waals surface area (Å²) < 4.78 is 27.6. The predicted molar refractivity (Wildman–Crippen MR) is 81.1 cm³/mol. The predicted octanol–water partition coefficient (Wildman–Crippen LogP) is 0.500. The molecule has 2 saturated heterocycles. The lowest BCUT2D eigenvalue weighted by Gasteiger charge is -2.44. The minimum atomic E-state index is -3.31. The fourth-order valence-corrected chi connectivity index (χ4v) is 3.56. The van der Waals surface area contributed by atoms with Crippen molar-refractivity contribution < 1.29 is 22.7 Å². The van der Waals surface area contributed by atoms with Gasteiger partial charge in [0.05, 0.1) is 6.61 Å². The lowest BCUT2D eigenvalue weighted by atomic mass is 9.91. The number of sulfone groups is 1. The molecule has 2 aliphatic heterocycles. The molecule has 0 aromatic rings. The van der Waals surface area contributed by atoms with Crippen LogP contribution >= 0.6 is 0 Å². The molecule has 22 heavy (non-hydrogen) atoms. The SMILES string of the molecule is CC1(C)COC(=O)N(C2CCN(C(=O)CS(C)(=O)=O)CC2)C1. The second-order valence-electron chi connectivity index (χ2n) is 7.03. The maximum atomic E-state index is 11.9. The topological polar surface area (TPSA) is 84.0 Å². The van der Waals surface area contributed by atoms with E-state index in [9.17, 15) is 18.0 Å². The summed E-state index contributed by atoms with van der Waals surface area (Å²) in [4.78, 5) is 27.2. The van der Waals surface area contributed by atoms with Gasteiger partial charge in [0.2, 0.25) is 5.91 Å². The van der Waals surface area contributed by atoms with Crippen molar-refractivity contribution in [2.45, 2.75) is 32.7 Å². The first-order valence-electron chi connectivity index (χ1n) is 7.46. The molecule has 0 spiro atoms. The highest BCUT2D eigenvalue weighted by Crippen LogP contribution is 2.28. The zero-order valence-electron chi connectivity index (χ0n) is 13.4. The van der Waals surface area contributed by atoms with Gasteiger partial charge in [-0.1, -0.05) is 13.8 Å². The summed E-state index contributed by atoms with van der Waals surface area (Å²) >= 11 is 0. The third-order valence-corrected chi connectivity index (χ3v) is 4.83. The number of cyclic esters (lactones) is 1. The Kier molecular flexibility index (Phi) is 4.70. The van der Waals surface area contributed by atoms with Crippen LogP contribution in [-0.2, 0) is 19.4 Å². The number of ether oxygens (including phenoxy) is 1. The van der Waals surface area contributed by atoms with Crippen LogP contribution in [0.1, 0.15) is 26.7 Å². The summed E-state index contributed by atoms with van der Waals surface area (Å²) in [6, 6.07) is 0.0503. The number of nitrogens with zero attached hydrogens (tertiary/aromatic N) is 2. The van der Waals surface area contributed by atoms with E-state index in [0.29, 0.717) is 39.1 Å². The van der Waals surface area contributed by atoms with E-state index in [2.05, 4.69) is 13.8 Å². The number of carbonyl (C=O) groups excluding carboxylic acids is 2. The molecule has 0 unspecified atom stereocenters. The van der Waals surface area contributed by atoms with E-state index >= 15 is 0 Å². The van der Waals surface area contributed by atoms with Gasteiger partial charge in [0.1, 0.15) is 5.75 Å². The molecule has 0 saturated carbocycles. The van der Waals surface area contributed by atoms with Crippen LogP contribution in [-0.4, -0.2) is 74.5 Å². The summed E-state index contributed by atoms with van der Waals surface area (Å²) in [6.45, 7) is 6.13. The quantitative estimate of drug-likeness (QED) is 0.751. The maximum absolute atomic E-state index is 11.9. The zero-order valence-corrected chi connectivity index (χ0v) is 14.2. The first kappa shape index (κ1) is 17.1. The van der Waals surface area contributed by atoms with Crippen LogP contribution in [0.25, 0.3) is 0 Å². The van der Waals surface area contributed by atoms with Crippen molar-refractivity contribution in [1.29, 1.82) is 0 Å². The van der Waals surface area contributed by atoms with Crippen molar-refractivity contribution in [3.05, 3.63) is 0 Å². The molecule has 2 fully saturated rings. The third kappa shape index (κ3) is 4.34. The molecule has 0 aliphatic carbocycles. The van der Waals surface area contributed by atoms with Crippen LogP contribution in [0, 0.1) is 5.41 Å². The molecule has 2 heterocycles. The van der Waals surface area contributed by atoms with Gasteiger partial charge >= 0.3 is 6.09 Å². The molecule has 7 nitrogen and oxygen atoms in total. The number of likely N-dealkylation sites (tertiary alicyclic amines) is 1. The summed E-state index contributed by atoms with van der Waals surface area (Å²) in [5.74, 6) is -0.807. The van der Waals surface area contributed by atoms with Crippen LogP contribution < -0.4 is 0 Å². The normalized spacial score (nSPS) is 23.3. The largest absolute Gasteiger partial charge is 0.449 e. The lowest BCUT2D eigenvalue weighted by Crippen LogP contribution is -2.55. The van der Waals surface area contributed by atoms with Gasteiger partial charge in [-0.05, 0) is 12.8 Å². The van der Waals surface area contributed by atoms with Gasteiger partial charge in [0, 0.05) is 37.3 Å². The Hall–Kier alpha value is -1.31. The van der Waals surface area contributed by atoms with E-state index in [0.717, 1.165) is 6.26 Å². The number of rotatable bonds is 3.